The lowest BCUT2D eigenvalue weighted by Gasteiger charge is -2.13. The molecule has 0 aromatic heterocycles. The summed E-state index contributed by atoms with van der Waals surface area (Å²) in [5, 5.41) is 0. The average molecular weight is 458 g/mol. The van der Waals surface area contributed by atoms with Crippen molar-refractivity contribution in [3.63, 3.8) is 0 Å². The molecule has 0 bridgehead atoms. The van der Waals surface area contributed by atoms with E-state index in [-0.39, 0.29) is 5.56 Å². The number of halogens is 2. The Kier molecular flexibility index (Phi) is 6.22. The minimum absolute atomic E-state index is 0.219. The first-order valence-electron chi connectivity index (χ1n) is 6.74. The Balaban J connectivity index is 2.17. The third kappa shape index (κ3) is 4.07. The molecule has 0 spiro atoms. The van der Waals surface area contributed by atoms with Gasteiger partial charge in [-0.25, -0.2) is 0 Å². The van der Waals surface area contributed by atoms with Gasteiger partial charge in [-0.15, -0.1) is 0 Å². The van der Waals surface area contributed by atoms with Crippen LogP contribution in [0, 0.1) is 0 Å². The number of hydrogen-bond acceptors (Lipinski definition) is 4. The molecule has 2 aromatic carbocycles. The van der Waals surface area contributed by atoms with E-state index in [1.165, 1.54) is 20.3 Å². The van der Waals surface area contributed by atoms with Gasteiger partial charge in [-0.3, -0.25) is 20.4 Å². The highest BCUT2D eigenvalue weighted by atomic mass is 79.9. The summed E-state index contributed by atoms with van der Waals surface area (Å²) in [5.41, 5.74) is 5.35. The molecule has 0 fully saturated rings. The molecular weight excluding hydrogens is 444 g/mol. The maximum Gasteiger partial charge on any atom is 0.273 e. The van der Waals surface area contributed by atoms with Crippen LogP contribution in [-0.4, -0.2) is 26.0 Å². The van der Waals surface area contributed by atoms with Crippen LogP contribution >= 0.6 is 31.9 Å². The Hall–Kier alpha value is -2.06. The quantitative estimate of drug-likeness (QED) is 0.690. The van der Waals surface area contributed by atoms with Crippen LogP contribution in [0.25, 0.3) is 0 Å². The highest BCUT2D eigenvalue weighted by molar-refractivity contribution is 9.10. The van der Waals surface area contributed by atoms with Crippen molar-refractivity contribution in [3.05, 3.63) is 56.5 Å². The van der Waals surface area contributed by atoms with Crippen molar-refractivity contribution in [2.45, 2.75) is 0 Å². The Labute approximate surface area is 155 Å². The van der Waals surface area contributed by atoms with Crippen molar-refractivity contribution in [1.82, 2.24) is 10.9 Å². The second-order valence-corrected chi connectivity index (χ2v) is 6.29. The van der Waals surface area contributed by atoms with E-state index in [0.717, 1.165) is 0 Å². The molecule has 0 unspecified atom stereocenters. The van der Waals surface area contributed by atoms with Crippen molar-refractivity contribution in [2.75, 3.05) is 14.2 Å². The molecule has 0 atom stereocenters. The minimum atomic E-state index is -0.535. The van der Waals surface area contributed by atoms with E-state index in [1.807, 2.05) is 0 Å². The summed E-state index contributed by atoms with van der Waals surface area (Å²) in [7, 11) is 2.94. The van der Waals surface area contributed by atoms with Crippen molar-refractivity contribution in [3.8, 4) is 11.5 Å². The SMILES string of the molecule is COc1cc(Br)c(OC)c(C(=O)NNC(=O)c2ccccc2Br)c1. The first kappa shape index (κ1) is 18.3. The highest BCUT2D eigenvalue weighted by Crippen LogP contribution is 2.33. The summed E-state index contributed by atoms with van der Waals surface area (Å²) >= 11 is 6.60. The summed E-state index contributed by atoms with van der Waals surface area (Å²) < 4.78 is 11.5. The molecular formula is C16H14Br2N2O4. The lowest BCUT2D eigenvalue weighted by atomic mass is 10.2. The Bertz CT molecular complexity index is 781. The largest absolute Gasteiger partial charge is 0.497 e. The van der Waals surface area contributed by atoms with Crippen molar-refractivity contribution in [1.29, 1.82) is 0 Å². The van der Waals surface area contributed by atoms with Crippen molar-refractivity contribution in [2.24, 2.45) is 0 Å². The molecule has 0 saturated heterocycles. The zero-order valence-corrected chi connectivity index (χ0v) is 16.0. The smallest absolute Gasteiger partial charge is 0.273 e. The Morgan fingerprint density at radius 1 is 0.875 bits per heavy atom. The van der Waals surface area contributed by atoms with Gasteiger partial charge in [0, 0.05) is 4.47 Å². The number of amides is 2. The van der Waals surface area contributed by atoms with Gasteiger partial charge >= 0.3 is 0 Å². The fraction of sp³-hybridized carbons (Fsp3) is 0.125. The number of carbonyl (C=O) groups is 2. The van der Waals surface area contributed by atoms with Gasteiger partial charge in [0.2, 0.25) is 0 Å². The van der Waals surface area contributed by atoms with Crippen LogP contribution in [0.1, 0.15) is 20.7 Å². The first-order valence-corrected chi connectivity index (χ1v) is 8.33. The summed E-state index contributed by atoms with van der Waals surface area (Å²) in [5.74, 6) is -0.169. The molecule has 0 aliphatic rings. The van der Waals surface area contributed by atoms with E-state index in [2.05, 4.69) is 42.7 Å². The summed E-state index contributed by atoms with van der Waals surface area (Å²) in [4.78, 5) is 24.5. The zero-order valence-electron chi connectivity index (χ0n) is 12.9. The van der Waals surface area contributed by atoms with Gasteiger partial charge in [-0.05, 0) is 56.1 Å². The molecule has 2 aromatic rings. The lowest BCUT2D eigenvalue weighted by molar-refractivity contribution is 0.0844. The number of nitrogens with one attached hydrogen (secondary N) is 2. The number of hydrazine groups is 1. The highest BCUT2D eigenvalue weighted by Gasteiger charge is 2.18. The molecule has 0 heterocycles. The van der Waals surface area contributed by atoms with Gasteiger partial charge in [-0.1, -0.05) is 12.1 Å². The number of hydrogen-bond donors (Lipinski definition) is 2. The van der Waals surface area contributed by atoms with E-state index in [1.54, 1.807) is 30.3 Å². The summed E-state index contributed by atoms with van der Waals surface area (Å²) in [6.07, 6.45) is 0. The van der Waals surface area contributed by atoms with Crippen LogP contribution < -0.4 is 20.3 Å². The van der Waals surface area contributed by atoms with Gasteiger partial charge in [0.25, 0.3) is 11.8 Å². The number of ether oxygens (including phenoxy) is 2. The third-order valence-electron chi connectivity index (χ3n) is 3.11. The standard InChI is InChI=1S/C16H14Br2N2O4/c1-23-9-7-11(14(24-2)13(18)8-9)16(22)20-19-15(21)10-5-3-4-6-12(10)17/h3-8H,1-2H3,(H,19,21)(H,20,22). The second-order valence-electron chi connectivity index (χ2n) is 4.58. The molecule has 8 heteroatoms. The van der Waals surface area contributed by atoms with Gasteiger partial charge in [0.15, 0.2) is 0 Å². The van der Waals surface area contributed by atoms with Gasteiger partial charge in [0.1, 0.15) is 11.5 Å². The second kappa shape index (κ2) is 8.16. The number of rotatable bonds is 4. The van der Waals surface area contributed by atoms with Crippen LogP contribution in [0.2, 0.25) is 0 Å². The minimum Gasteiger partial charge on any atom is -0.497 e. The Morgan fingerprint density at radius 3 is 2.08 bits per heavy atom. The van der Waals surface area contributed by atoms with E-state index < -0.39 is 11.8 Å². The number of benzene rings is 2. The van der Waals surface area contributed by atoms with Crippen LogP contribution in [0.3, 0.4) is 0 Å². The lowest BCUT2D eigenvalue weighted by Crippen LogP contribution is -2.41. The Morgan fingerprint density at radius 2 is 1.50 bits per heavy atom. The maximum atomic E-state index is 12.4. The topological polar surface area (TPSA) is 76.7 Å². The van der Waals surface area contributed by atoms with E-state index >= 15 is 0 Å². The molecule has 0 aliphatic carbocycles. The van der Waals surface area contributed by atoms with E-state index in [0.29, 0.717) is 26.0 Å². The average Bonchev–Trinajstić information content (AvgIpc) is 2.58. The molecule has 6 nitrogen and oxygen atoms in total. The molecule has 126 valence electrons. The summed E-state index contributed by atoms with van der Waals surface area (Å²) in [6.45, 7) is 0. The molecule has 0 radical (unpaired) electrons. The predicted octanol–water partition coefficient (Wildman–Crippen LogP) is 3.30. The molecule has 0 saturated carbocycles. The van der Waals surface area contributed by atoms with Gasteiger partial charge in [0.05, 0.1) is 29.8 Å². The zero-order chi connectivity index (χ0) is 17.7. The van der Waals surface area contributed by atoms with Crippen LogP contribution in [0.4, 0.5) is 0 Å². The normalized spacial score (nSPS) is 10.0. The molecule has 2 N–H and O–H groups in total. The van der Waals surface area contributed by atoms with E-state index in [9.17, 15) is 9.59 Å². The summed E-state index contributed by atoms with van der Waals surface area (Å²) in [6, 6.07) is 10.1. The van der Waals surface area contributed by atoms with Crippen molar-refractivity contribution < 1.29 is 19.1 Å². The molecule has 24 heavy (non-hydrogen) atoms. The molecule has 2 amide bonds. The van der Waals surface area contributed by atoms with Crippen LogP contribution in [0.15, 0.2) is 45.3 Å². The van der Waals surface area contributed by atoms with Gasteiger partial charge in [-0.2, -0.15) is 0 Å². The third-order valence-corrected chi connectivity index (χ3v) is 4.39. The van der Waals surface area contributed by atoms with Gasteiger partial charge < -0.3 is 9.47 Å². The number of carbonyl (C=O) groups excluding carboxylic acids is 2. The fourth-order valence-electron chi connectivity index (χ4n) is 1.96. The number of methoxy groups -OCH3 is 2. The monoisotopic (exact) mass is 456 g/mol. The maximum absolute atomic E-state index is 12.4. The molecule has 2 rings (SSSR count). The predicted molar refractivity (Wildman–Crippen MR) is 96.3 cm³/mol. The molecule has 0 aliphatic heterocycles. The van der Waals surface area contributed by atoms with Crippen molar-refractivity contribution >= 4 is 43.7 Å². The van der Waals surface area contributed by atoms with Crippen LogP contribution in [0.5, 0.6) is 11.5 Å². The first-order chi connectivity index (χ1) is 11.5. The fourth-order valence-corrected chi connectivity index (χ4v) is 3.02. The van der Waals surface area contributed by atoms with E-state index in [4.69, 9.17) is 9.47 Å². The van der Waals surface area contributed by atoms with Crippen LogP contribution in [-0.2, 0) is 0 Å².